The Bertz CT molecular complexity index is 906. The number of aryl methyl sites for hydroxylation is 3. The van der Waals surface area contributed by atoms with Crippen molar-refractivity contribution in [3.8, 4) is 0 Å². The average Bonchev–Trinajstić information content (AvgIpc) is 2.64. The molecule has 1 N–H and O–H groups in total. The van der Waals surface area contributed by atoms with E-state index in [1.165, 1.54) is 16.8 Å². The molecule has 25 heavy (non-hydrogen) atoms. The van der Waals surface area contributed by atoms with Gasteiger partial charge in [-0.05, 0) is 49.9 Å². The van der Waals surface area contributed by atoms with Crippen molar-refractivity contribution in [2.75, 3.05) is 16.8 Å². The van der Waals surface area contributed by atoms with Gasteiger partial charge in [-0.2, -0.15) is 10.1 Å². The minimum absolute atomic E-state index is 0.521. The van der Waals surface area contributed by atoms with E-state index in [4.69, 9.17) is 4.98 Å². The van der Waals surface area contributed by atoms with E-state index in [-0.39, 0.29) is 0 Å². The van der Waals surface area contributed by atoms with Crippen LogP contribution in [-0.4, -0.2) is 21.7 Å². The summed E-state index contributed by atoms with van der Waals surface area (Å²) in [5.74, 6) is 1.35. The molecule has 0 saturated heterocycles. The van der Waals surface area contributed by atoms with Crippen molar-refractivity contribution in [3.05, 3.63) is 65.4 Å². The third-order valence-electron chi connectivity index (χ3n) is 4.56. The molecule has 0 bridgehead atoms. The van der Waals surface area contributed by atoms with Crippen molar-refractivity contribution in [1.29, 1.82) is 0 Å². The molecule has 5 nitrogen and oxygen atoms in total. The summed E-state index contributed by atoms with van der Waals surface area (Å²) < 4.78 is 0. The van der Waals surface area contributed by atoms with Gasteiger partial charge in [0.25, 0.3) is 0 Å². The topological polar surface area (TPSA) is 53.9 Å². The highest BCUT2D eigenvalue weighted by molar-refractivity contribution is 5.66. The third-order valence-corrected chi connectivity index (χ3v) is 4.56. The second-order valence-electron chi connectivity index (χ2n) is 6.47. The maximum Gasteiger partial charge on any atom is 0.249 e. The minimum Gasteiger partial charge on any atom is -0.325 e. The fourth-order valence-corrected chi connectivity index (χ4v) is 3.32. The van der Waals surface area contributed by atoms with Gasteiger partial charge in [-0.15, -0.1) is 5.10 Å². The van der Waals surface area contributed by atoms with Crippen LogP contribution in [0.3, 0.4) is 0 Å². The SMILES string of the molecule is Cc1ccc(Nc2nncc(N3CCCc4ccccc43)n2)c(C)c1. The number of rotatable bonds is 3. The summed E-state index contributed by atoms with van der Waals surface area (Å²) in [6.45, 7) is 5.11. The summed E-state index contributed by atoms with van der Waals surface area (Å²) in [6.07, 6.45) is 3.95. The van der Waals surface area contributed by atoms with E-state index in [2.05, 4.69) is 76.7 Å². The number of nitrogens with one attached hydrogen (secondary N) is 1. The fourth-order valence-electron chi connectivity index (χ4n) is 3.32. The zero-order valence-electron chi connectivity index (χ0n) is 14.5. The number of para-hydroxylation sites is 1. The van der Waals surface area contributed by atoms with Gasteiger partial charge in [0.05, 0.1) is 6.20 Å². The van der Waals surface area contributed by atoms with Gasteiger partial charge in [-0.1, -0.05) is 35.9 Å². The van der Waals surface area contributed by atoms with Gasteiger partial charge in [-0.3, -0.25) is 0 Å². The molecule has 0 spiro atoms. The van der Waals surface area contributed by atoms with Gasteiger partial charge in [-0.25, -0.2) is 0 Å². The summed E-state index contributed by atoms with van der Waals surface area (Å²) in [6, 6.07) is 14.8. The molecule has 0 radical (unpaired) electrons. The number of fused-ring (bicyclic) bond motifs is 1. The molecule has 0 unspecified atom stereocenters. The lowest BCUT2D eigenvalue weighted by Crippen LogP contribution is -2.25. The van der Waals surface area contributed by atoms with Crippen LogP contribution >= 0.6 is 0 Å². The van der Waals surface area contributed by atoms with Crippen LogP contribution in [0.25, 0.3) is 0 Å². The van der Waals surface area contributed by atoms with E-state index in [0.29, 0.717) is 5.95 Å². The van der Waals surface area contributed by atoms with Crippen molar-refractivity contribution >= 4 is 23.1 Å². The summed E-state index contributed by atoms with van der Waals surface area (Å²) >= 11 is 0. The molecular weight excluding hydrogens is 310 g/mol. The summed E-state index contributed by atoms with van der Waals surface area (Å²) in [4.78, 5) is 6.92. The van der Waals surface area contributed by atoms with Crippen LogP contribution in [-0.2, 0) is 6.42 Å². The van der Waals surface area contributed by atoms with E-state index in [1.54, 1.807) is 6.20 Å². The number of anilines is 4. The van der Waals surface area contributed by atoms with E-state index in [0.717, 1.165) is 36.5 Å². The Morgan fingerprint density at radius 1 is 1.08 bits per heavy atom. The molecule has 4 rings (SSSR count). The Kier molecular flexibility index (Phi) is 4.06. The minimum atomic E-state index is 0.521. The van der Waals surface area contributed by atoms with Crippen LogP contribution in [0.15, 0.2) is 48.7 Å². The standard InChI is InChI=1S/C20H21N5/c1-14-9-10-17(15(2)12-14)22-20-23-19(13-21-24-20)25-11-5-7-16-6-3-4-8-18(16)25/h3-4,6,8-10,12-13H,5,7,11H2,1-2H3,(H,22,23,24). The smallest absolute Gasteiger partial charge is 0.249 e. The van der Waals surface area contributed by atoms with Gasteiger partial charge in [0.15, 0.2) is 5.82 Å². The van der Waals surface area contributed by atoms with Gasteiger partial charge in [0.2, 0.25) is 5.95 Å². The first-order valence-corrected chi connectivity index (χ1v) is 8.60. The summed E-state index contributed by atoms with van der Waals surface area (Å²) in [7, 11) is 0. The monoisotopic (exact) mass is 331 g/mol. The highest BCUT2D eigenvalue weighted by Gasteiger charge is 2.19. The molecule has 1 aliphatic heterocycles. The fraction of sp³-hybridized carbons (Fsp3) is 0.250. The average molecular weight is 331 g/mol. The Balaban J connectivity index is 1.64. The quantitative estimate of drug-likeness (QED) is 0.775. The third kappa shape index (κ3) is 3.18. The van der Waals surface area contributed by atoms with Crippen LogP contribution in [0.5, 0.6) is 0 Å². The van der Waals surface area contributed by atoms with Crippen LogP contribution in [0.1, 0.15) is 23.1 Å². The van der Waals surface area contributed by atoms with Gasteiger partial charge >= 0.3 is 0 Å². The van der Waals surface area contributed by atoms with Crippen molar-refractivity contribution in [3.63, 3.8) is 0 Å². The Hall–Kier alpha value is -2.95. The molecule has 3 aromatic rings. The second kappa shape index (κ2) is 6.51. The number of benzene rings is 2. The molecular formula is C20H21N5. The molecule has 0 amide bonds. The number of hydrogen-bond donors (Lipinski definition) is 1. The van der Waals surface area contributed by atoms with Gasteiger partial charge in [0, 0.05) is 17.9 Å². The molecule has 0 aliphatic carbocycles. The second-order valence-corrected chi connectivity index (χ2v) is 6.47. The van der Waals surface area contributed by atoms with Crippen LogP contribution in [0.2, 0.25) is 0 Å². The molecule has 2 aromatic carbocycles. The first-order valence-electron chi connectivity index (χ1n) is 8.60. The molecule has 0 atom stereocenters. The number of nitrogens with zero attached hydrogens (tertiary/aromatic N) is 4. The number of hydrogen-bond acceptors (Lipinski definition) is 5. The molecule has 1 aliphatic rings. The zero-order chi connectivity index (χ0) is 17.2. The van der Waals surface area contributed by atoms with Crippen LogP contribution < -0.4 is 10.2 Å². The van der Waals surface area contributed by atoms with Crippen LogP contribution in [0.4, 0.5) is 23.1 Å². The molecule has 0 fully saturated rings. The van der Waals surface area contributed by atoms with E-state index in [9.17, 15) is 0 Å². The predicted molar refractivity (Wildman–Crippen MR) is 101 cm³/mol. The Morgan fingerprint density at radius 3 is 2.84 bits per heavy atom. The van der Waals surface area contributed by atoms with Crippen LogP contribution in [0, 0.1) is 13.8 Å². The first-order chi connectivity index (χ1) is 12.2. The highest BCUT2D eigenvalue weighted by atomic mass is 15.3. The molecule has 1 aromatic heterocycles. The van der Waals surface area contributed by atoms with Crippen molar-refractivity contribution in [2.45, 2.75) is 26.7 Å². The molecule has 126 valence electrons. The molecule has 2 heterocycles. The summed E-state index contributed by atoms with van der Waals surface area (Å²) in [5, 5.41) is 11.6. The predicted octanol–water partition coefficient (Wildman–Crippen LogP) is 4.32. The maximum absolute atomic E-state index is 4.70. The van der Waals surface area contributed by atoms with Crippen molar-refractivity contribution < 1.29 is 0 Å². The Labute approximate surface area is 147 Å². The lowest BCUT2D eigenvalue weighted by atomic mass is 10.0. The molecule has 0 saturated carbocycles. The van der Waals surface area contributed by atoms with Gasteiger partial charge < -0.3 is 10.2 Å². The lowest BCUT2D eigenvalue weighted by Gasteiger charge is -2.30. The largest absolute Gasteiger partial charge is 0.325 e. The summed E-state index contributed by atoms with van der Waals surface area (Å²) in [5.41, 5.74) is 5.98. The first kappa shape index (κ1) is 15.6. The van der Waals surface area contributed by atoms with E-state index < -0.39 is 0 Å². The van der Waals surface area contributed by atoms with Crippen molar-refractivity contribution in [1.82, 2.24) is 15.2 Å². The molecule has 5 heteroatoms. The van der Waals surface area contributed by atoms with Crippen molar-refractivity contribution in [2.24, 2.45) is 0 Å². The van der Waals surface area contributed by atoms with Gasteiger partial charge in [0.1, 0.15) is 0 Å². The van der Waals surface area contributed by atoms with E-state index >= 15 is 0 Å². The Morgan fingerprint density at radius 2 is 1.96 bits per heavy atom. The van der Waals surface area contributed by atoms with E-state index in [1.807, 2.05) is 0 Å². The normalized spacial score (nSPS) is 13.4. The number of aromatic nitrogens is 3. The maximum atomic E-state index is 4.70. The highest BCUT2D eigenvalue weighted by Crippen LogP contribution is 2.32. The lowest BCUT2D eigenvalue weighted by molar-refractivity contribution is 0.754. The zero-order valence-corrected chi connectivity index (χ0v) is 14.5.